The zero-order chi connectivity index (χ0) is 17.2. The van der Waals surface area contributed by atoms with Crippen molar-refractivity contribution in [2.24, 2.45) is 5.41 Å². The van der Waals surface area contributed by atoms with Crippen LogP contribution in [0.2, 0.25) is 0 Å². The molecule has 0 aromatic heterocycles. The van der Waals surface area contributed by atoms with Crippen molar-refractivity contribution in [2.75, 3.05) is 18.1 Å². The van der Waals surface area contributed by atoms with Crippen molar-refractivity contribution in [2.45, 2.75) is 65.0 Å². The highest BCUT2D eigenvalue weighted by molar-refractivity contribution is 5.89. The predicted octanol–water partition coefficient (Wildman–Crippen LogP) is 4.65. The average molecular weight is 330 g/mol. The van der Waals surface area contributed by atoms with Gasteiger partial charge in [0, 0.05) is 17.8 Å². The molecule has 24 heavy (non-hydrogen) atoms. The van der Waals surface area contributed by atoms with Gasteiger partial charge in [0.15, 0.2) is 0 Å². The highest BCUT2D eigenvalue weighted by Crippen LogP contribution is 2.39. The van der Waals surface area contributed by atoms with Gasteiger partial charge in [-0.05, 0) is 55.7 Å². The Balaban J connectivity index is 1.56. The summed E-state index contributed by atoms with van der Waals surface area (Å²) in [5.74, 6) is 0. The van der Waals surface area contributed by atoms with Gasteiger partial charge in [0.1, 0.15) is 6.61 Å². The molecule has 1 aliphatic heterocycles. The van der Waals surface area contributed by atoms with Gasteiger partial charge in [0.25, 0.3) is 0 Å². The van der Waals surface area contributed by atoms with Gasteiger partial charge in [0.2, 0.25) is 0 Å². The Bertz CT molecular complexity index is 562. The van der Waals surface area contributed by atoms with Gasteiger partial charge in [-0.1, -0.05) is 32.4 Å². The lowest BCUT2D eigenvalue weighted by molar-refractivity contribution is 0.172. The van der Waals surface area contributed by atoms with Crippen molar-refractivity contribution in [1.82, 2.24) is 5.32 Å². The standard InChI is InChI=1S/C20H30N2O2/c1-4-20(3)11-9-17(10-12-20)21-15(2)16-5-7-18(8-6-16)22-13-14-24-19(22)23/h5-8,15,17,21H,4,9-14H2,1-3H3. The first-order valence-electron chi connectivity index (χ1n) is 9.31. The van der Waals surface area contributed by atoms with E-state index in [0.29, 0.717) is 30.7 Å². The molecule has 1 aromatic carbocycles. The molecule has 1 saturated heterocycles. The minimum atomic E-state index is -0.241. The SMILES string of the molecule is CCC1(C)CCC(NC(C)c2ccc(N3CCOC3=O)cc2)CC1. The minimum absolute atomic E-state index is 0.241. The van der Waals surface area contributed by atoms with Crippen LogP contribution in [0.1, 0.15) is 64.5 Å². The molecule has 1 aromatic rings. The smallest absolute Gasteiger partial charge is 0.414 e. The Morgan fingerprint density at radius 1 is 1.29 bits per heavy atom. The maximum Gasteiger partial charge on any atom is 0.414 e. The van der Waals surface area contributed by atoms with Gasteiger partial charge >= 0.3 is 6.09 Å². The van der Waals surface area contributed by atoms with E-state index in [2.05, 4.69) is 38.2 Å². The molecule has 4 heteroatoms. The number of amides is 1. The van der Waals surface area contributed by atoms with Gasteiger partial charge in [-0.15, -0.1) is 0 Å². The van der Waals surface area contributed by atoms with Gasteiger partial charge in [0.05, 0.1) is 6.54 Å². The van der Waals surface area contributed by atoms with Crippen molar-refractivity contribution in [3.05, 3.63) is 29.8 Å². The second-order valence-corrected chi connectivity index (χ2v) is 7.68. The molecule has 1 atom stereocenters. The number of benzene rings is 1. The molecule has 132 valence electrons. The molecule has 2 aliphatic rings. The summed E-state index contributed by atoms with van der Waals surface area (Å²) >= 11 is 0. The van der Waals surface area contributed by atoms with E-state index >= 15 is 0 Å². The fraction of sp³-hybridized carbons (Fsp3) is 0.650. The Morgan fingerprint density at radius 2 is 1.96 bits per heavy atom. The third kappa shape index (κ3) is 3.75. The van der Waals surface area contributed by atoms with Crippen LogP contribution in [0.25, 0.3) is 0 Å². The Morgan fingerprint density at radius 3 is 2.50 bits per heavy atom. The number of nitrogens with one attached hydrogen (secondary N) is 1. The summed E-state index contributed by atoms with van der Waals surface area (Å²) in [4.78, 5) is 13.3. The van der Waals surface area contributed by atoms with E-state index in [1.807, 2.05) is 12.1 Å². The number of carbonyl (C=O) groups is 1. The third-order valence-electron chi connectivity index (χ3n) is 6.00. The van der Waals surface area contributed by atoms with Gasteiger partial charge < -0.3 is 10.1 Å². The first-order valence-corrected chi connectivity index (χ1v) is 9.31. The van der Waals surface area contributed by atoms with Crippen molar-refractivity contribution in [3.8, 4) is 0 Å². The summed E-state index contributed by atoms with van der Waals surface area (Å²) in [6, 6.07) is 9.24. The highest BCUT2D eigenvalue weighted by atomic mass is 16.6. The van der Waals surface area contributed by atoms with Crippen molar-refractivity contribution < 1.29 is 9.53 Å². The summed E-state index contributed by atoms with van der Waals surface area (Å²) in [7, 11) is 0. The van der Waals surface area contributed by atoms with E-state index in [-0.39, 0.29) is 6.09 Å². The second-order valence-electron chi connectivity index (χ2n) is 7.68. The molecule has 1 N–H and O–H groups in total. The van der Waals surface area contributed by atoms with E-state index < -0.39 is 0 Å². The molecular formula is C20H30N2O2. The molecule has 0 radical (unpaired) electrons. The molecular weight excluding hydrogens is 300 g/mol. The monoisotopic (exact) mass is 330 g/mol. The van der Waals surface area contributed by atoms with E-state index in [1.165, 1.54) is 37.7 Å². The number of cyclic esters (lactones) is 1. The Labute approximate surface area is 145 Å². The summed E-state index contributed by atoms with van der Waals surface area (Å²) in [6.45, 7) is 8.09. The summed E-state index contributed by atoms with van der Waals surface area (Å²) in [5, 5.41) is 3.79. The van der Waals surface area contributed by atoms with Crippen molar-refractivity contribution in [1.29, 1.82) is 0 Å². The summed E-state index contributed by atoms with van der Waals surface area (Å²) in [5.41, 5.74) is 2.74. The van der Waals surface area contributed by atoms with Gasteiger partial charge in [-0.2, -0.15) is 0 Å². The van der Waals surface area contributed by atoms with Crippen LogP contribution >= 0.6 is 0 Å². The number of anilines is 1. The van der Waals surface area contributed by atoms with Gasteiger partial charge in [-0.25, -0.2) is 4.79 Å². The number of carbonyl (C=O) groups excluding carboxylic acids is 1. The molecule has 2 fully saturated rings. The van der Waals surface area contributed by atoms with Crippen LogP contribution in [-0.2, 0) is 4.74 Å². The zero-order valence-corrected chi connectivity index (χ0v) is 15.2. The molecule has 1 amide bonds. The number of hydrogen-bond donors (Lipinski definition) is 1. The quantitative estimate of drug-likeness (QED) is 0.854. The Kier molecular flexibility index (Phi) is 5.14. The lowest BCUT2D eigenvalue weighted by atomic mass is 9.72. The fourth-order valence-electron chi connectivity index (χ4n) is 3.86. The highest BCUT2D eigenvalue weighted by Gasteiger charge is 2.30. The van der Waals surface area contributed by atoms with E-state index in [9.17, 15) is 4.79 Å². The first-order chi connectivity index (χ1) is 11.5. The molecule has 3 rings (SSSR count). The maximum atomic E-state index is 11.6. The minimum Gasteiger partial charge on any atom is -0.447 e. The fourth-order valence-corrected chi connectivity index (χ4v) is 3.86. The van der Waals surface area contributed by atoms with E-state index in [0.717, 1.165) is 5.69 Å². The largest absolute Gasteiger partial charge is 0.447 e. The third-order valence-corrected chi connectivity index (χ3v) is 6.00. The number of nitrogens with zero attached hydrogens (tertiary/aromatic N) is 1. The predicted molar refractivity (Wildman–Crippen MR) is 97.3 cm³/mol. The van der Waals surface area contributed by atoms with Crippen LogP contribution in [0.5, 0.6) is 0 Å². The zero-order valence-electron chi connectivity index (χ0n) is 15.2. The average Bonchev–Trinajstić information content (AvgIpc) is 3.03. The van der Waals surface area contributed by atoms with Crippen LogP contribution in [0, 0.1) is 5.41 Å². The van der Waals surface area contributed by atoms with Crippen LogP contribution in [0.15, 0.2) is 24.3 Å². The number of ether oxygens (including phenoxy) is 1. The van der Waals surface area contributed by atoms with Crippen LogP contribution in [0.3, 0.4) is 0 Å². The topological polar surface area (TPSA) is 41.6 Å². The second kappa shape index (κ2) is 7.14. The van der Waals surface area contributed by atoms with Gasteiger partial charge in [-0.3, -0.25) is 4.90 Å². The maximum absolute atomic E-state index is 11.6. The molecule has 1 heterocycles. The molecule has 1 aliphatic carbocycles. The number of rotatable bonds is 5. The van der Waals surface area contributed by atoms with Crippen LogP contribution in [-0.4, -0.2) is 25.3 Å². The molecule has 1 saturated carbocycles. The molecule has 0 bridgehead atoms. The van der Waals surface area contributed by atoms with E-state index in [4.69, 9.17) is 4.74 Å². The molecule has 1 unspecified atom stereocenters. The lowest BCUT2D eigenvalue weighted by Crippen LogP contribution is -2.37. The van der Waals surface area contributed by atoms with Crippen molar-refractivity contribution in [3.63, 3.8) is 0 Å². The van der Waals surface area contributed by atoms with Crippen LogP contribution in [0.4, 0.5) is 10.5 Å². The lowest BCUT2D eigenvalue weighted by Gasteiger charge is -2.38. The normalized spacial score (nSPS) is 28.7. The molecule has 4 nitrogen and oxygen atoms in total. The van der Waals surface area contributed by atoms with E-state index in [1.54, 1.807) is 4.90 Å². The Hall–Kier alpha value is -1.55. The first kappa shape index (κ1) is 17.3. The number of hydrogen-bond acceptors (Lipinski definition) is 3. The summed E-state index contributed by atoms with van der Waals surface area (Å²) < 4.78 is 5.00. The summed E-state index contributed by atoms with van der Waals surface area (Å²) in [6.07, 6.45) is 6.23. The van der Waals surface area contributed by atoms with Crippen LogP contribution < -0.4 is 10.2 Å². The molecule has 0 spiro atoms. The van der Waals surface area contributed by atoms with Crippen molar-refractivity contribution >= 4 is 11.8 Å².